The molecule has 5 rings (SSSR count). The van der Waals surface area contributed by atoms with Crippen molar-refractivity contribution in [2.24, 2.45) is 0 Å². The summed E-state index contributed by atoms with van der Waals surface area (Å²) in [4.78, 5) is 60.4. The van der Waals surface area contributed by atoms with Crippen LogP contribution in [0.15, 0.2) is 65.7 Å². The van der Waals surface area contributed by atoms with Crippen molar-refractivity contribution in [3.05, 3.63) is 88.9 Å². The van der Waals surface area contributed by atoms with Crippen LogP contribution in [0.2, 0.25) is 0 Å². The van der Waals surface area contributed by atoms with Crippen molar-refractivity contribution in [2.45, 2.75) is 115 Å². The molecule has 58 heavy (non-hydrogen) atoms. The molecule has 4 aromatic rings. The highest BCUT2D eigenvalue weighted by atomic mass is 32.2. The zero-order valence-corrected chi connectivity index (χ0v) is 35.5. The van der Waals surface area contributed by atoms with Gasteiger partial charge in [0.15, 0.2) is 5.82 Å². The van der Waals surface area contributed by atoms with Gasteiger partial charge in [0.25, 0.3) is 0 Å². The lowest BCUT2D eigenvalue weighted by molar-refractivity contribution is -0.128. The Labute approximate surface area is 343 Å². The molecular weight excluding hydrogens is 762 g/mol. The Bertz CT molecular complexity index is 2130. The fraction of sp³-hybridized carbons (Fsp3) is 0.432. The molecule has 1 heterocycles. The molecule has 1 saturated carbocycles. The van der Waals surface area contributed by atoms with Gasteiger partial charge in [-0.2, -0.15) is 4.90 Å². The number of pyridine rings is 1. The number of thioether (sulfide) groups is 1. The number of carbonyl (C=O) groups is 4. The largest absolute Gasteiger partial charge is 0.443 e. The van der Waals surface area contributed by atoms with Gasteiger partial charge in [-0.3, -0.25) is 9.59 Å². The number of ether oxygens (including phenoxy) is 2. The number of nitrogens with one attached hydrogen (secondary N) is 2. The molecule has 0 bridgehead atoms. The number of nitrogens with zero attached hydrogens (tertiary/aromatic N) is 3. The van der Waals surface area contributed by atoms with Crippen LogP contribution in [-0.4, -0.2) is 75.1 Å². The number of halogens is 1. The maximum Gasteiger partial charge on any atom is 0.425 e. The van der Waals surface area contributed by atoms with Crippen molar-refractivity contribution in [2.75, 3.05) is 29.1 Å². The number of imide groups is 1. The molecule has 1 aliphatic carbocycles. The van der Waals surface area contributed by atoms with Gasteiger partial charge in [0.1, 0.15) is 17.0 Å². The molecule has 3 aromatic carbocycles. The summed E-state index contributed by atoms with van der Waals surface area (Å²) < 4.78 is 26.3. The summed E-state index contributed by atoms with van der Waals surface area (Å²) in [7, 11) is 1.69. The second-order valence-corrected chi connectivity index (χ2v) is 18.1. The first-order valence-corrected chi connectivity index (χ1v) is 20.2. The maximum atomic E-state index is 15.3. The number of aryl methyl sites for hydroxylation is 2. The third kappa shape index (κ3) is 12.2. The average Bonchev–Trinajstić information content (AvgIpc) is 3.93. The lowest BCUT2D eigenvalue weighted by atomic mass is 9.96. The zero-order chi connectivity index (χ0) is 42.5. The lowest BCUT2D eigenvalue weighted by Gasteiger charge is -2.28. The summed E-state index contributed by atoms with van der Waals surface area (Å²) in [5.74, 6) is -1.43. The molecule has 1 aromatic heterocycles. The predicted octanol–water partition coefficient (Wildman–Crippen LogP) is 8.92. The molecule has 1 atom stereocenters. The zero-order valence-electron chi connectivity index (χ0n) is 34.7. The van der Waals surface area contributed by atoms with E-state index in [1.807, 2.05) is 50.2 Å². The van der Waals surface area contributed by atoms with E-state index >= 15 is 4.39 Å². The van der Waals surface area contributed by atoms with E-state index in [0.717, 1.165) is 46.2 Å². The van der Waals surface area contributed by atoms with E-state index in [-0.39, 0.29) is 47.9 Å². The normalized spacial score (nSPS) is 13.4. The Morgan fingerprint density at radius 3 is 2.14 bits per heavy atom. The molecule has 0 radical (unpaired) electrons. The second-order valence-electron chi connectivity index (χ2n) is 16.7. The van der Waals surface area contributed by atoms with E-state index in [9.17, 15) is 24.3 Å². The van der Waals surface area contributed by atoms with Crippen LogP contribution in [-0.2, 0) is 32.0 Å². The third-order valence-corrected chi connectivity index (χ3v) is 10.6. The third-order valence-electron chi connectivity index (χ3n) is 9.13. The van der Waals surface area contributed by atoms with Gasteiger partial charge in [-0.05, 0) is 133 Å². The topological polar surface area (TPSA) is 150 Å². The molecule has 0 aliphatic heterocycles. The first kappa shape index (κ1) is 43.9. The number of rotatable bonds is 13. The fourth-order valence-corrected chi connectivity index (χ4v) is 7.32. The molecular formula is C44H54FN5O7S. The molecule has 12 nitrogen and oxygen atoms in total. The smallest absolute Gasteiger partial charge is 0.425 e. The molecule has 310 valence electrons. The quantitative estimate of drug-likeness (QED) is 0.119. The number of likely N-dealkylation sites (N-methyl/N-ethyl adjacent to an activating group) is 1. The Morgan fingerprint density at radius 2 is 1.53 bits per heavy atom. The SMILES string of the molecule is Cc1cccc(C)c1CC(O)CC(=O)Nc1ccc(SC2CC2)c(CN(C)C(=O)CNc2ccc3c(N(C(=O)OC(C)(C)C)C(=O)OC(C)(C)C)ncc(F)c3c2)c1. The van der Waals surface area contributed by atoms with Crippen LogP contribution < -0.4 is 15.5 Å². The van der Waals surface area contributed by atoms with Gasteiger partial charge in [-0.15, -0.1) is 11.8 Å². The highest BCUT2D eigenvalue weighted by Crippen LogP contribution is 2.41. The molecule has 4 amide bonds. The van der Waals surface area contributed by atoms with Gasteiger partial charge >= 0.3 is 12.2 Å². The highest BCUT2D eigenvalue weighted by molar-refractivity contribution is 8.00. The van der Waals surface area contributed by atoms with Crippen molar-refractivity contribution >= 4 is 63.7 Å². The van der Waals surface area contributed by atoms with Crippen molar-refractivity contribution in [1.29, 1.82) is 0 Å². The molecule has 1 aliphatic rings. The number of hydrogen-bond acceptors (Lipinski definition) is 10. The molecule has 1 unspecified atom stereocenters. The van der Waals surface area contributed by atoms with Gasteiger partial charge in [0.05, 0.1) is 25.3 Å². The Balaban J connectivity index is 1.27. The molecule has 14 heteroatoms. The average molecular weight is 816 g/mol. The second kappa shape index (κ2) is 18.2. The van der Waals surface area contributed by atoms with E-state index in [4.69, 9.17) is 9.47 Å². The first-order valence-electron chi connectivity index (χ1n) is 19.3. The minimum atomic E-state index is -1.03. The van der Waals surface area contributed by atoms with Crippen LogP contribution >= 0.6 is 11.8 Å². The Morgan fingerprint density at radius 1 is 0.914 bits per heavy atom. The van der Waals surface area contributed by atoms with Gasteiger partial charge in [0, 0.05) is 45.9 Å². The number of benzene rings is 3. The van der Waals surface area contributed by atoms with Crippen LogP contribution in [0.25, 0.3) is 10.8 Å². The van der Waals surface area contributed by atoms with Crippen molar-refractivity contribution < 1.29 is 38.1 Å². The fourth-order valence-electron chi connectivity index (χ4n) is 6.17. The predicted molar refractivity (Wildman–Crippen MR) is 226 cm³/mol. The van der Waals surface area contributed by atoms with Gasteiger partial charge < -0.3 is 30.1 Å². The van der Waals surface area contributed by atoms with E-state index in [0.29, 0.717) is 27.9 Å². The highest BCUT2D eigenvalue weighted by Gasteiger charge is 2.35. The van der Waals surface area contributed by atoms with Crippen LogP contribution in [0.1, 0.15) is 83.1 Å². The van der Waals surface area contributed by atoms with Crippen molar-refractivity contribution in [3.63, 3.8) is 0 Å². The monoisotopic (exact) mass is 815 g/mol. The van der Waals surface area contributed by atoms with E-state index in [1.165, 1.54) is 12.1 Å². The van der Waals surface area contributed by atoms with Gasteiger partial charge in [-0.25, -0.2) is 19.0 Å². The number of aromatic nitrogens is 1. The molecule has 0 saturated heterocycles. The summed E-state index contributed by atoms with van der Waals surface area (Å²) >= 11 is 1.75. The summed E-state index contributed by atoms with van der Waals surface area (Å²) in [6.07, 6.45) is 0.537. The van der Waals surface area contributed by atoms with Crippen molar-refractivity contribution in [3.8, 4) is 0 Å². The molecule has 0 spiro atoms. The summed E-state index contributed by atoms with van der Waals surface area (Å²) in [6, 6.07) is 16.2. The number of aliphatic hydroxyl groups is 1. The minimum Gasteiger partial charge on any atom is -0.443 e. The van der Waals surface area contributed by atoms with Gasteiger partial charge in [-0.1, -0.05) is 18.2 Å². The number of fused-ring (bicyclic) bond motifs is 1. The number of aliphatic hydroxyl groups excluding tert-OH is 1. The number of amides is 4. The Kier molecular flexibility index (Phi) is 13.7. The van der Waals surface area contributed by atoms with Crippen LogP contribution in [0, 0.1) is 19.7 Å². The number of anilines is 3. The maximum absolute atomic E-state index is 15.3. The lowest BCUT2D eigenvalue weighted by Crippen LogP contribution is -2.44. The molecule has 3 N–H and O–H groups in total. The number of carbonyl (C=O) groups excluding carboxylic acids is 4. The number of hydrogen-bond donors (Lipinski definition) is 3. The van der Waals surface area contributed by atoms with Crippen LogP contribution in [0.4, 0.5) is 31.2 Å². The van der Waals surface area contributed by atoms with Gasteiger partial charge in [0.2, 0.25) is 11.8 Å². The first-order chi connectivity index (χ1) is 27.2. The van der Waals surface area contributed by atoms with Crippen LogP contribution in [0.3, 0.4) is 0 Å². The van der Waals surface area contributed by atoms with E-state index < -0.39 is 35.3 Å². The standard InChI is InChI=1S/C44H54FN5O7S/c1-26-11-10-12-27(2)34(26)21-31(51)22-38(52)48-30-14-18-37(58-32-15-16-32)28(19-30)25-49(9)39(53)24-46-29-13-17-33-35(20-29)36(45)23-47-40(33)50(41(54)56-43(3,4)5)42(55)57-44(6,7)8/h10-14,17-20,23,31-32,46,51H,15-16,21-22,24-25H2,1-9H3,(H,48,52). The summed E-state index contributed by atoms with van der Waals surface area (Å²) in [5.41, 5.74) is 3.14. The van der Waals surface area contributed by atoms with Crippen LogP contribution in [0.5, 0.6) is 0 Å². The van der Waals surface area contributed by atoms with Crippen molar-refractivity contribution in [1.82, 2.24) is 9.88 Å². The summed E-state index contributed by atoms with van der Waals surface area (Å²) in [5, 5.41) is 17.4. The minimum absolute atomic E-state index is 0.0475. The summed E-state index contributed by atoms with van der Waals surface area (Å²) in [6.45, 7) is 14.0. The molecule has 1 fully saturated rings. The Hall–Kier alpha value is -5.21. The van der Waals surface area contributed by atoms with E-state index in [2.05, 4.69) is 15.6 Å². The van der Waals surface area contributed by atoms with E-state index in [1.54, 1.807) is 71.3 Å².